The van der Waals surface area contributed by atoms with E-state index in [0.29, 0.717) is 17.7 Å². The van der Waals surface area contributed by atoms with Gasteiger partial charge in [0.05, 0.1) is 19.3 Å². The lowest BCUT2D eigenvalue weighted by Crippen LogP contribution is -2.28. The molecule has 0 saturated carbocycles. The molecule has 0 aliphatic carbocycles. The fourth-order valence-corrected chi connectivity index (χ4v) is 2.12. The Balaban J connectivity index is 2.16. The minimum absolute atomic E-state index is 0.0606. The van der Waals surface area contributed by atoms with Crippen LogP contribution in [-0.2, 0) is 6.42 Å². The maximum atomic E-state index is 10.2. The first-order valence-electron chi connectivity index (χ1n) is 6.46. The molecule has 20 heavy (non-hydrogen) atoms. The minimum Gasteiger partial charge on any atom is -0.508 e. The summed E-state index contributed by atoms with van der Waals surface area (Å²) in [6.45, 7) is 0. The molecule has 2 rings (SSSR count). The van der Waals surface area contributed by atoms with Crippen molar-refractivity contribution in [3.05, 3.63) is 59.7 Å². The normalized spacial score (nSPS) is 13.8. The standard InChI is InChI=1S/C16H19NO3/c1-20-12-7-8-14(18)13(10-12)16(17)15(19)9-11-5-3-2-4-6-11/h2-8,10,15-16,18-19H,9,17H2,1H3/t15-,16+/m0/s1. The van der Waals surface area contributed by atoms with E-state index in [1.165, 1.54) is 6.07 Å². The summed E-state index contributed by atoms with van der Waals surface area (Å²) in [6.07, 6.45) is -0.353. The molecule has 4 heteroatoms. The van der Waals surface area contributed by atoms with E-state index < -0.39 is 12.1 Å². The van der Waals surface area contributed by atoms with Crippen molar-refractivity contribution in [2.45, 2.75) is 18.6 Å². The average molecular weight is 273 g/mol. The molecule has 2 aromatic rings. The third kappa shape index (κ3) is 3.29. The lowest BCUT2D eigenvalue weighted by atomic mass is 9.96. The summed E-state index contributed by atoms with van der Waals surface area (Å²) in [5.74, 6) is 0.658. The first-order valence-corrected chi connectivity index (χ1v) is 6.46. The highest BCUT2D eigenvalue weighted by Gasteiger charge is 2.20. The number of hydrogen-bond acceptors (Lipinski definition) is 4. The molecular weight excluding hydrogens is 254 g/mol. The van der Waals surface area contributed by atoms with Crippen LogP contribution >= 0.6 is 0 Å². The Hall–Kier alpha value is -2.04. The molecule has 4 nitrogen and oxygen atoms in total. The Bertz CT molecular complexity index is 557. The molecule has 0 amide bonds. The van der Waals surface area contributed by atoms with Gasteiger partial charge in [-0.2, -0.15) is 0 Å². The van der Waals surface area contributed by atoms with E-state index >= 15 is 0 Å². The summed E-state index contributed by atoms with van der Waals surface area (Å²) in [5.41, 5.74) is 7.52. The number of ether oxygens (including phenoxy) is 1. The van der Waals surface area contributed by atoms with Crippen LogP contribution < -0.4 is 10.5 Å². The van der Waals surface area contributed by atoms with Crippen LogP contribution in [0.2, 0.25) is 0 Å². The van der Waals surface area contributed by atoms with Gasteiger partial charge in [-0.1, -0.05) is 30.3 Å². The SMILES string of the molecule is COc1ccc(O)c([C@@H](N)[C@@H](O)Cc2ccccc2)c1. The number of phenols is 1. The van der Waals surface area contributed by atoms with E-state index in [9.17, 15) is 10.2 Å². The van der Waals surface area contributed by atoms with E-state index in [1.54, 1.807) is 19.2 Å². The first-order chi connectivity index (χ1) is 9.61. The number of phenolic OH excluding ortho intramolecular Hbond substituents is 1. The Kier molecular flexibility index (Phi) is 4.61. The van der Waals surface area contributed by atoms with Crippen molar-refractivity contribution in [1.82, 2.24) is 0 Å². The summed E-state index contributed by atoms with van der Waals surface area (Å²) in [5, 5.41) is 20.1. The second-order valence-corrected chi connectivity index (χ2v) is 4.71. The van der Waals surface area contributed by atoms with Crippen molar-refractivity contribution in [1.29, 1.82) is 0 Å². The van der Waals surface area contributed by atoms with Crippen molar-refractivity contribution < 1.29 is 14.9 Å². The number of aliphatic hydroxyl groups excluding tert-OH is 1. The lowest BCUT2D eigenvalue weighted by Gasteiger charge is -2.20. The molecule has 0 spiro atoms. The Morgan fingerprint density at radius 1 is 1.15 bits per heavy atom. The Morgan fingerprint density at radius 3 is 2.50 bits per heavy atom. The van der Waals surface area contributed by atoms with E-state index in [2.05, 4.69) is 0 Å². The minimum atomic E-state index is -0.782. The number of rotatable bonds is 5. The quantitative estimate of drug-likeness (QED) is 0.779. The highest BCUT2D eigenvalue weighted by molar-refractivity contribution is 5.41. The van der Waals surface area contributed by atoms with Gasteiger partial charge in [-0.05, 0) is 23.8 Å². The number of aliphatic hydroxyl groups is 1. The van der Waals surface area contributed by atoms with Crippen molar-refractivity contribution in [3.8, 4) is 11.5 Å². The summed E-state index contributed by atoms with van der Waals surface area (Å²) >= 11 is 0. The molecule has 0 bridgehead atoms. The summed E-state index contributed by atoms with van der Waals surface area (Å²) in [4.78, 5) is 0. The van der Waals surface area contributed by atoms with Crippen molar-refractivity contribution in [2.24, 2.45) is 5.73 Å². The fourth-order valence-electron chi connectivity index (χ4n) is 2.12. The number of methoxy groups -OCH3 is 1. The highest BCUT2D eigenvalue weighted by atomic mass is 16.5. The largest absolute Gasteiger partial charge is 0.508 e. The van der Waals surface area contributed by atoms with E-state index in [-0.39, 0.29) is 5.75 Å². The molecule has 2 aromatic carbocycles. The van der Waals surface area contributed by atoms with Gasteiger partial charge in [-0.15, -0.1) is 0 Å². The highest BCUT2D eigenvalue weighted by Crippen LogP contribution is 2.29. The molecule has 0 aliphatic heterocycles. The second kappa shape index (κ2) is 6.41. The zero-order chi connectivity index (χ0) is 14.5. The van der Waals surface area contributed by atoms with Gasteiger partial charge in [0.2, 0.25) is 0 Å². The second-order valence-electron chi connectivity index (χ2n) is 4.71. The number of benzene rings is 2. The third-order valence-electron chi connectivity index (χ3n) is 3.30. The van der Waals surface area contributed by atoms with Gasteiger partial charge in [0.15, 0.2) is 0 Å². The Labute approximate surface area is 118 Å². The molecule has 0 saturated heterocycles. The van der Waals surface area contributed by atoms with Gasteiger partial charge in [0, 0.05) is 12.0 Å². The summed E-state index contributed by atoms with van der Waals surface area (Å²) in [6, 6.07) is 13.7. The van der Waals surface area contributed by atoms with E-state index in [1.807, 2.05) is 30.3 Å². The molecule has 106 valence electrons. The number of aromatic hydroxyl groups is 1. The number of hydrogen-bond donors (Lipinski definition) is 3. The van der Waals surface area contributed by atoms with Crippen LogP contribution in [0.4, 0.5) is 0 Å². The molecule has 0 fully saturated rings. The summed E-state index contributed by atoms with van der Waals surface area (Å²) in [7, 11) is 1.54. The fraction of sp³-hybridized carbons (Fsp3) is 0.250. The summed E-state index contributed by atoms with van der Waals surface area (Å²) < 4.78 is 5.11. The van der Waals surface area contributed by atoms with Gasteiger partial charge in [-0.3, -0.25) is 0 Å². The van der Waals surface area contributed by atoms with Crippen LogP contribution in [0.25, 0.3) is 0 Å². The third-order valence-corrected chi connectivity index (χ3v) is 3.30. The lowest BCUT2D eigenvalue weighted by molar-refractivity contribution is 0.143. The van der Waals surface area contributed by atoms with Crippen LogP contribution in [0.15, 0.2) is 48.5 Å². The molecule has 0 radical (unpaired) electrons. The van der Waals surface area contributed by atoms with Crippen LogP contribution in [0.1, 0.15) is 17.2 Å². The van der Waals surface area contributed by atoms with Gasteiger partial charge in [0.1, 0.15) is 11.5 Å². The van der Waals surface area contributed by atoms with Gasteiger partial charge >= 0.3 is 0 Å². The predicted molar refractivity (Wildman–Crippen MR) is 77.7 cm³/mol. The molecule has 0 heterocycles. The molecule has 0 aliphatic rings. The van der Waals surface area contributed by atoms with Crippen LogP contribution in [-0.4, -0.2) is 23.4 Å². The average Bonchev–Trinajstić information content (AvgIpc) is 2.48. The van der Waals surface area contributed by atoms with Crippen molar-refractivity contribution >= 4 is 0 Å². The Morgan fingerprint density at radius 2 is 1.85 bits per heavy atom. The van der Waals surface area contributed by atoms with Gasteiger partial charge < -0.3 is 20.7 Å². The first kappa shape index (κ1) is 14.4. The maximum absolute atomic E-state index is 10.2. The molecule has 0 aromatic heterocycles. The maximum Gasteiger partial charge on any atom is 0.120 e. The van der Waals surface area contributed by atoms with E-state index in [4.69, 9.17) is 10.5 Å². The molecular formula is C16H19NO3. The van der Waals surface area contributed by atoms with Crippen molar-refractivity contribution in [3.63, 3.8) is 0 Å². The molecule has 4 N–H and O–H groups in total. The smallest absolute Gasteiger partial charge is 0.120 e. The zero-order valence-corrected chi connectivity index (χ0v) is 11.4. The zero-order valence-electron chi connectivity index (χ0n) is 11.4. The van der Waals surface area contributed by atoms with E-state index in [0.717, 1.165) is 5.56 Å². The van der Waals surface area contributed by atoms with Crippen molar-refractivity contribution in [2.75, 3.05) is 7.11 Å². The monoisotopic (exact) mass is 273 g/mol. The molecule has 0 unspecified atom stereocenters. The topological polar surface area (TPSA) is 75.7 Å². The van der Waals surface area contributed by atoms with Crippen LogP contribution in [0.5, 0.6) is 11.5 Å². The number of nitrogens with two attached hydrogens (primary N) is 1. The van der Waals surface area contributed by atoms with Gasteiger partial charge in [-0.25, -0.2) is 0 Å². The van der Waals surface area contributed by atoms with Crippen LogP contribution in [0, 0.1) is 0 Å². The van der Waals surface area contributed by atoms with Gasteiger partial charge in [0.25, 0.3) is 0 Å². The predicted octanol–water partition coefficient (Wildman–Crippen LogP) is 2.00. The molecule has 2 atom stereocenters. The van der Waals surface area contributed by atoms with Crippen LogP contribution in [0.3, 0.4) is 0 Å².